The van der Waals surface area contributed by atoms with Gasteiger partial charge in [0.2, 0.25) is 0 Å². The third-order valence-corrected chi connectivity index (χ3v) is 2.48. The van der Waals surface area contributed by atoms with E-state index in [4.69, 9.17) is 0 Å². The molecular formula is C13H10N2O3. The molecular weight excluding hydrogens is 232 g/mol. The van der Waals surface area contributed by atoms with Gasteiger partial charge in [0, 0.05) is 35.7 Å². The summed E-state index contributed by atoms with van der Waals surface area (Å²) in [7, 11) is 0. The maximum absolute atomic E-state index is 12.1. The van der Waals surface area contributed by atoms with Gasteiger partial charge in [-0.3, -0.25) is 19.9 Å². The van der Waals surface area contributed by atoms with Crippen molar-refractivity contribution in [1.29, 1.82) is 0 Å². The lowest BCUT2D eigenvalue weighted by molar-refractivity contribution is -0.384. The van der Waals surface area contributed by atoms with Gasteiger partial charge in [0.15, 0.2) is 5.78 Å². The smallest absolute Gasteiger partial charge is 0.270 e. The Labute approximate surface area is 103 Å². The number of aryl methyl sites for hydroxylation is 1. The number of carbonyl (C=O) groups excluding carboxylic acids is 1. The predicted molar refractivity (Wildman–Crippen MR) is 65.5 cm³/mol. The van der Waals surface area contributed by atoms with E-state index < -0.39 is 4.92 Å². The molecule has 1 aromatic heterocycles. The fourth-order valence-corrected chi connectivity index (χ4v) is 1.67. The average Bonchev–Trinajstić information content (AvgIpc) is 2.38. The standard InChI is InChI=1S/C13H10N2O3/c1-9-6-11(8-12(7-9)15(17)18)13(16)10-2-4-14-5-3-10/h2-8H,1H3. The number of aromatic nitrogens is 1. The number of benzene rings is 1. The number of hydrogen-bond acceptors (Lipinski definition) is 4. The van der Waals surface area contributed by atoms with Gasteiger partial charge in [-0.15, -0.1) is 0 Å². The van der Waals surface area contributed by atoms with Crippen LogP contribution in [0.5, 0.6) is 0 Å². The number of nitrogens with zero attached hydrogens (tertiary/aromatic N) is 2. The van der Waals surface area contributed by atoms with Crippen molar-refractivity contribution in [3.05, 3.63) is 69.5 Å². The Morgan fingerprint density at radius 2 is 1.83 bits per heavy atom. The zero-order valence-electron chi connectivity index (χ0n) is 9.66. The molecule has 0 aliphatic carbocycles. The number of pyridine rings is 1. The van der Waals surface area contributed by atoms with Crippen molar-refractivity contribution < 1.29 is 9.72 Å². The first kappa shape index (κ1) is 11.9. The second-order valence-electron chi connectivity index (χ2n) is 3.88. The van der Waals surface area contributed by atoms with Gasteiger partial charge in [-0.05, 0) is 30.7 Å². The minimum absolute atomic E-state index is 0.0765. The van der Waals surface area contributed by atoms with E-state index in [0.717, 1.165) is 0 Å². The van der Waals surface area contributed by atoms with Gasteiger partial charge in [0.25, 0.3) is 5.69 Å². The maximum Gasteiger partial charge on any atom is 0.270 e. The fraction of sp³-hybridized carbons (Fsp3) is 0.0769. The van der Waals surface area contributed by atoms with Crippen molar-refractivity contribution in [2.24, 2.45) is 0 Å². The van der Waals surface area contributed by atoms with Gasteiger partial charge < -0.3 is 0 Å². The molecule has 0 saturated heterocycles. The zero-order chi connectivity index (χ0) is 13.1. The van der Waals surface area contributed by atoms with Crippen LogP contribution in [-0.2, 0) is 0 Å². The molecule has 0 aliphatic heterocycles. The van der Waals surface area contributed by atoms with Crippen LogP contribution in [0.3, 0.4) is 0 Å². The van der Waals surface area contributed by atoms with E-state index in [0.29, 0.717) is 16.7 Å². The van der Waals surface area contributed by atoms with E-state index in [1.54, 1.807) is 25.1 Å². The third-order valence-electron chi connectivity index (χ3n) is 2.48. The molecule has 5 nitrogen and oxygen atoms in total. The van der Waals surface area contributed by atoms with Crippen LogP contribution in [-0.4, -0.2) is 15.7 Å². The SMILES string of the molecule is Cc1cc(C(=O)c2ccncc2)cc([N+](=O)[O-])c1. The lowest BCUT2D eigenvalue weighted by Crippen LogP contribution is -2.03. The number of nitro groups is 1. The van der Waals surface area contributed by atoms with Gasteiger partial charge in [0.05, 0.1) is 4.92 Å². The lowest BCUT2D eigenvalue weighted by Gasteiger charge is -2.02. The Morgan fingerprint density at radius 1 is 1.17 bits per heavy atom. The molecule has 0 N–H and O–H groups in total. The van der Waals surface area contributed by atoms with Crippen LogP contribution in [0.4, 0.5) is 5.69 Å². The molecule has 5 heteroatoms. The van der Waals surface area contributed by atoms with Crippen molar-refractivity contribution in [2.75, 3.05) is 0 Å². The molecule has 0 bridgehead atoms. The highest BCUT2D eigenvalue weighted by molar-refractivity contribution is 6.09. The third kappa shape index (κ3) is 2.40. The van der Waals surface area contributed by atoms with Crippen LogP contribution >= 0.6 is 0 Å². The van der Waals surface area contributed by atoms with Crippen molar-refractivity contribution in [2.45, 2.75) is 6.92 Å². The summed E-state index contributed by atoms with van der Waals surface area (Å²) in [5.74, 6) is -0.246. The van der Waals surface area contributed by atoms with E-state index in [1.807, 2.05) is 0 Å². The number of ketones is 1. The maximum atomic E-state index is 12.1. The number of nitro benzene ring substituents is 1. The summed E-state index contributed by atoms with van der Waals surface area (Å²) < 4.78 is 0. The van der Waals surface area contributed by atoms with Crippen LogP contribution in [0.25, 0.3) is 0 Å². The molecule has 0 spiro atoms. The van der Waals surface area contributed by atoms with Crippen molar-refractivity contribution in [1.82, 2.24) is 4.98 Å². The lowest BCUT2D eigenvalue weighted by atomic mass is 10.0. The Hall–Kier alpha value is -2.56. The molecule has 0 aliphatic rings. The minimum atomic E-state index is -0.504. The van der Waals surface area contributed by atoms with Crippen LogP contribution in [0.1, 0.15) is 21.5 Å². The summed E-state index contributed by atoms with van der Waals surface area (Å²) in [6.45, 7) is 1.72. The number of non-ortho nitro benzene ring substituents is 1. The number of carbonyl (C=O) groups is 1. The Balaban J connectivity index is 2.46. The van der Waals surface area contributed by atoms with Gasteiger partial charge in [0.1, 0.15) is 0 Å². The average molecular weight is 242 g/mol. The van der Waals surface area contributed by atoms with Crippen molar-refractivity contribution >= 4 is 11.5 Å². The Bertz CT molecular complexity index is 609. The Kier molecular flexibility index (Phi) is 3.14. The van der Waals surface area contributed by atoms with Gasteiger partial charge in [-0.2, -0.15) is 0 Å². The molecule has 1 heterocycles. The highest BCUT2D eigenvalue weighted by Crippen LogP contribution is 2.19. The van der Waals surface area contributed by atoms with Crippen LogP contribution in [0.15, 0.2) is 42.7 Å². The first-order chi connectivity index (χ1) is 8.58. The fourth-order valence-electron chi connectivity index (χ4n) is 1.67. The highest BCUT2D eigenvalue weighted by atomic mass is 16.6. The van der Waals surface area contributed by atoms with Crippen LogP contribution < -0.4 is 0 Å². The normalized spacial score (nSPS) is 10.1. The largest absolute Gasteiger partial charge is 0.289 e. The van der Waals surface area contributed by atoms with E-state index >= 15 is 0 Å². The molecule has 18 heavy (non-hydrogen) atoms. The molecule has 2 rings (SSSR count). The van der Waals surface area contributed by atoms with Crippen LogP contribution in [0, 0.1) is 17.0 Å². The second-order valence-corrected chi connectivity index (χ2v) is 3.88. The van der Waals surface area contributed by atoms with Crippen molar-refractivity contribution in [3.63, 3.8) is 0 Å². The summed E-state index contributed by atoms with van der Waals surface area (Å²) >= 11 is 0. The van der Waals surface area contributed by atoms with Crippen LogP contribution in [0.2, 0.25) is 0 Å². The minimum Gasteiger partial charge on any atom is -0.289 e. The molecule has 0 amide bonds. The van der Waals surface area contributed by atoms with E-state index in [-0.39, 0.29) is 11.5 Å². The summed E-state index contributed by atoms with van der Waals surface area (Å²) in [6.07, 6.45) is 3.02. The summed E-state index contributed by atoms with van der Waals surface area (Å²) in [5.41, 5.74) is 1.38. The van der Waals surface area contributed by atoms with Crippen molar-refractivity contribution in [3.8, 4) is 0 Å². The number of rotatable bonds is 3. The molecule has 90 valence electrons. The molecule has 0 unspecified atom stereocenters. The zero-order valence-corrected chi connectivity index (χ0v) is 9.66. The summed E-state index contributed by atoms with van der Waals surface area (Å²) in [5, 5.41) is 10.7. The van der Waals surface area contributed by atoms with E-state index in [9.17, 15) is 14.9 Å². The van der Waals surface area contributed by atoms with Gasteiger partial charge in [-0.1, -0.05) is 0 Å². The quantitative estimate of drug-likeness (QED) is 0.471. The predicted octanol–water partition coefficient (Wildman–Crippen LogP) is 2.53. The number of hydrogen-bond donors (Lipinski definition) is 0. The van der Waals surface area contributed by atoms with Gasteiger partial charge >= 0.3 is 0 Å². The molecule has 0 radical (unpaired) electrons. The van der Waals surface area contributed by atoms with E-state index in [2.05, 4.69) is 4.98 Å². The molecule has 1 aromatic carbocycles. The summed E-state index contributed by atoms with van der Waals surface area (Å²) in [6, 6.07) is 7.52. The summed E-state index contributed by atoms with van der Waals surface area (Å²) in [4.78, 5) is 26.2. The molecule has 2 aromatic rings. The second kappa shape index (κ2) is 4.75. The van der Waals surface area contributed by atoms with Gasteiger partial charge in [-0.25, -0.2) is 0 Å². The monoisotopic (exact) mass is 242 g/mol. The molecule has 0 atom stereocenters. The first-order valence-corrected chi connectivity index (χ1v) is 5.29. The topological polar surface area (TPSA) is 73.1 Å². The molecule has 0 saturated carbocycles. The van der Waals surface area contributed by atoms with E-state index in [1.165, 1.54) is 24.5 Å². The molecule has 0 fully saturated rings. The highest BCUT2D eigenvalue weighted by Gasteiger charge is 2.14. The first-order valence-electron chi connectivity index (χ1n) is 5.29. The Morgan fingerprint density at radius 3 is 2.44 bits per heavy atom.